The van der Waals surface area contributed by atoms with Gasteiger partial charge in [0.2, 0.25) is 0 Å². The molecule has 1 aromatic rings. The van der Waals surface area contributed by atoms with E-state index in [1.807, 2.05) is 6.92 Å². The highest BCUT2D eigenvalue weighted by molar-refractivity contribution is 5.71. The Kier molecular flexibility index (Phi) is 5.98. The third kappa shape index (κ3) is 4.40. The summed E-state index contributed by atoms with van der Waals surface area (Å²) in [4.78, 5) is 22.2. The molecule has 2 atom stereocenters. The number of nitro groups is 1. The number of allylic oxidation sites excluding steroid dienone is 2. The van der Waals surface area contributed by atoms with E-state index in [0.717, 1.165) is 17.9 Å². The van der Waals surface area contributed by atoms with Gasteiger partial charge >= 0.3 is 5.97 Å². The molecule has 2 aliphatic rings. The number of carbonyl (C=O) groups is 1. The third-order valence-electron chi connectivity index (χ3n) is 6.77. The van der Waals surface area contributed by atoms with Crippen molar-refractivity contribution in [3.63, 3.8) is 0 Å². The molecule has 3 rings (SSSR count). The summed E-state index contributed by atoms with van der Waals surface area (Å²) in [6.07, 6.45) is 13.4. The maximum atomic E-state index is 11.7. The van der Waals surface area contributed by atoms with Gasteiger partial charge in [-0.3, -0.25) is 14.9 Å². The van der Waals surface area contributed by atoms with Gasteiger partial charge in [-0.15, -0.1) is 0 Å². The van der Waals surface area contributed by atoms with Crippen LogP contribution in [-0.2, 0) is 4.79 Å². The van der Waals surface area contributed by atoms with Crippen molar-refractivity contribution in [2.24, 2.45) is 17.3 Å². The average Bonchev–Trinajstić information content (AvgIpc) is 3.25. The Morgan fingerprint density at radius 3 is 2.44 bits per heavy atom. The van der Waals surface area contributed by atoms with Crippen LogP contribution >= 0.6 is 0 Å². The first-order valence-electron chi connectivity index (χ1n) is 10.1. The third-order valence-corrected chi connectivity index (χ3v) is 6.77. The van der Waals surface area contributed by atoms with Crippen molar-refractivity contribution in [1.29, 1.82) is 0 Å². The molecule has 5 nitrogen and oxygen atoms in total. The lowest BCUT2D eigenvalue weighted by Crippen LogP contribution is -2.21. The monoisotopic (exact) mass is 371 g/mol. The molecule has 0 heterocycles. The van der Waals surface area contributed by atoms with Gasteiger partial charge in [-0.25, -0.2) is 0 Å². The lowest BCUT2D eigenvalue weighted by molar-refractivity contribution is -0.384. The minimum atomic E-state index is -0.803. The van der Waals surface area contributed by atoms with E-state index >= 15 is 0 Å². The van der Waals surface area contributed by atoms with Crippen molar-refractivity contribution in [1.82, 2.24) is 0 Å². The van der Waals surface area contributed by atoms with E-state index < -0.39 is 16.8 Å². The Hall–Kier alpha value is -2.17. The summed E-state index contributed by atoms with van der Waals surface area (Å²) in [5.41, 5.74) is 1.40. The van der Waals surface area contributed by atoms with Gasteiger partial charge in [0, 0.05) is 18.1 Å². The standard InChI is InChI=1S/C22H29NO4/c1-2-19(21(24)25)20(17-6-8-18(9-7-17)23(26)27)5-3-4-12-22-13-10-16(15-22)11-14-22/h3-4,6-9,16,19-20H,2,5,10-15H2,1H3,(H,24,25). The second-order valence-electron chi connectivity index (χ2n) is 8.37. The lowest BCUT2D eigenvalue weighted by Gasteiger charge is -2.25. The van der Waals surface area contributed by atoms with Gasteiger partial charge in [0.1, 0.15) is 0 Å². The summed E-state index contributed by atoms with van der Waals surface area (Å²) in [6, 6.07) is 6.35. The quantitative estimate of drug-likeness (QED) is 0.343. The van der Waals surface area contributed by atoms with Crippen molar-refractivity contribution in [2.45, 2.75) is 64.2 Å². The number of aliphatic carboxylic acids is 1. The van der Waals surface area contributed by atoms with Crippen molar-refractivity contribution in [2.75, 3.05) is 0 Å². The van der Waals surface area contributed by atoms with Gasteiger partial charge in [0.25, 0.3) is 5.69 Å². The molecule has 146 valence electrons. The smallest absolute Gasteiger partial charge is 0.307 e. The van der Waals surface area contributed by atoms with Crippen LogP contribution in [-0.4, -0.2) is 16.0 Å². The number of hydrogen-bond donors (Lipinski definition) is 1. The normalized spacial score (nSPS) is 26.3. The topological polar surface area (TPSA) is 80.4 Å². The van der Waals surface area contributed by atoms with Crippen LogP contribution in [0.4, 0.5) is 5.69 Å². The van der Waals surface area contributed by atoms with E-state index in [1.54, 1.807) is 12.1 Å². The highest BCUT2D eigenvalue weighted by Crippen LogP contribution is 2.56. The molecule has 2 unspecified atom stereocenters. The number of rotatable bonds is 9. The molecule has 2 fully saturated rings. The van der Waals surface area contributed by atoms with E-state index in [0.29, 0.717) is 18.3 Å². The zero-order chi connectivity index (χ0) is 19.4. The molecule has 27 heavy (non-hydrogen) atoms. The molecule has 2 aliphatic carbocycles. The number of hydrogen-bond acceptors (Lipinski definition) is 3. The Morgan fingerprint density at radius 1 is 1.30 bits per heavy atom. The molecule has 1 N–H and O–H groups in total. The molecule has 2 saturated carbocycles. The summed E-state index contributed by atoms with van der Waals surface area (Å²) in [5.74, 6) is -0.524. The number of fused-ring (bicyclic) bond motifs is 2. The highest BCUT2D eigenvalue weighted by Gasteiger charge is 2.43. The van der Waals surface area contributed by atoms with Crippen LogP contribution < -0.4 is 0 Å². The number of carboxylic acids is 1. The molecule has 5 heteroatoms. The van der Waals surface area contributed by atoms with Gasteiger partial charge in [-0.1, -0.05) is 31.2 Å². The molecule has 2 bridgehead atoms. The predicted octanol–water partition coefficient (Wildman–Crippen LogP) is 5.71. The Morgan fingerprint density at radius 2 is 1.96 bits per heavy atom. The minimum Gasteiger partial charge on any atom is -0.481 e. The Labute approximate surface area is 160 Å². The van der Waals surface area contributed by atoms with Gasteiger partial charge < -0.3 is 5.11 Å². The zero-order valence-corrected chi connectivity index (χ0v) is 16.0. The first kappa shape index (κ1) is 19.6. The van der Waals surface area contributed by atoms with E-state index in [2.05, 4.69) is 12.2 Å². The van der Waals surface area contributed by atoms with Crippen LogP contribution in [0.3, 0.4) is 0 Å². The number of nitrogens with zero attached hydrogens (tertiary/aromatic N) is 1. The van der Waals surface area contributed by atoms with Crippen molar-refractivity contribution in [3.8, 4) is 0 Å². The van der Waals surface area contributed by atoms with E-state index in [4.69, 9.17) is 0 Å². The minimum absolute atomic E-state index is 0.0348. The summed E-state index contributed by atoms with van der Waals surface area (Å²) in [5, 5.41) is 20.5. The van der Waals surface area contributed by atoms with Crippen molar-refractivity contribution >= 4 is 11.7 Å². The number of nitro benzene ring substituents is 1. The van der Waals surface area contributed by atoms with Gasteiger partial charge in [0.05, 0.1) is 10.8 Å². The van der Waals surface area contributed by atoms with Crippen LogP contribution in [0.15, 0.2) is 36.4 Å². The first-order chi connectivity index (χ1) is 12.9. The second kappa shape index (κ2) is 8.24. The molecule has 0 saturated heterocycles. The second-order valence-corrected chi connectivity index (χ2v) is 8.37. The Bertz CT molecular complexity index is 702. The summed E-state index contributed by atoms with van der Waals surface area (Å²) in [7, 11) is 0. The molecular formula is C22H29NO4. The highest BCUT2D eigenvalue weighted by atomic mass is 16.6. The summed E-state index contributed by atoms with van der Waals surface area (Å²) in [6.45, 7) is 1.89. The number of carboxylic acid groups (broad SMARTS) is 1. The number of non-ortho nitro benzene ring substituents is 1. The number of benzene rings is 1. The van der Waals surface area contributed by atoms with Gasteiger partial charge in [-0.05, 0) is 68.3 Å². The summed E-state index contributed by atoms with van der Waals surface area (Å²) < 4.78 is 0. The molecule has 0 aromatic heterocycles. The van der Waals surface area contributed by atoms with Crippen molar-refractivity contribution in [3.05, 3.63) is 52.1 Å². The van der Waals surface area contributed by atoms with Crippen LogP contribution in [0.25, 0.3) is 0 Å². The first-order valence-corrected chi connectivity index (χ1v) is 10.1. The lowest BCUT2D eigenvalue weighted by atomic mass is 9.80. The Balaban J connectivity index is 1.70. The molecule has 0 aliphatic heterocycles. The fourth-order valence-electron chi connectivity index (χ4n) is 5.18. The molecule has 0 radical (unpaired) electrons. The SMILES string of the molecule is CCC(C(=O)O)C(CC=CCC12CCC(CC1)C2)c1ccc([N+](=O)[O-])cc1. The average molecular weight is 371 g/mol. The van der Waals surface area contributed by atoms with Crippen LogP contribution in [0, 0.1) is 27.4 Å². The van der Waals surface area contributed by atoms with E-state index in [9.17, 15) is 20.0 Å². The van der Waals surface area contributed by atoms with Gasteiger partial charge in [-0.2, -0.15) is 0 Å². The fraction of sp³-hybridized carbons (Fsp3) is 0.591. The fourth-order valence-corrected chi connectivity index (χ4v) is 5.18. The molecule has 1 aromatic carbocycles. The van der Waals surface area contributed by atoms with Crippen LogP contribution in [0.1, 0.15) is 69.8 Å². The largest absolute Gasteiger partial charge is 0.481 e. The molecule has 0 spiro atoms. The van der Waals surface area contributed by atoms with Crippen molar-refractivity contribution < 1.29 is 14.8 Å². The maximum Gasteiger partial charge on any atom is 0.307 e. The summed E-state index contributed by atoms with van der Waals surface area (Å²) >= 11 is 0. The van der Waals surface area contributed by atoms with E-state index in [1.165, 1.54) is 44.2 Å². The van der Waals surface area contributed by atoms with E-state index in [-0.39, 0.29) is 11.6 Å². The van der Waals surface area contributed by atoms with Gasteiger partial charge in [0.15, 0.2) is 0 Å². The van der Waals surface area contributed by atoms with Crippen LogP contribution in [0.2, 0.25) is 0 Å². The molecule has 0 amide bonds. The van der Waals surface area contributed by atoms with Crippen LogP contribution in [0.5, 0.6) is 0 Å². The molecular weight excluding hydrogens is 342 g/mol. The predicted molar refractivity (Wildman–Crippen MR) is 105 cm³/mol. The zero-order valence-electron chi connectivity index (χ0n) is 16.0. The maximum absolute atomic E-state index is 11.7.